The SMILES string of the molecule is CCCC(CC1CC1)=C(CCC)P(C(C)C)C(C)C. The van der Waals surface area contributed by atoms with Gasteiger partial charge in [0.15, 0.2) is 0 Å². The highest BCUT2D eigenvalue weighted by Crippen LogP contribution is 2.57. The maximum absolute atomic E-state index is 2.45. The molecule has 0 aromatic carbocycles. The Morgan fingerprint density at radius 3 is 1.84 bits per heavy atom. The summed E-state index contributed by atoms with van der Waals surface area (Å²) in [5, 5.41) is 1.91. The van der Waals surface area contributed by atoms with Crippen molar-refractivity contribution in [2.45, 2.75) is 97.8 Å². The van der Waals surface area contributed by atoms with Crippen LogP contribution in [-0.4, -0.2) is 11.3 Å². The summed E-state index contributed by atoms with van der Waals surface area (Å²) in [7, 11) is 0.0779. The Labute approximate surface area is 123 Å². The number of allylic oxidation sites excluding steroid dienone is 2. The van der Waals surface area contributed by atoms with E-state index in [1.54, 1.807) is 0 Å². The normalized spacial score (nSPS) is 17.5. The van der Waals surface area contributed by atoms with Gasteiger partial charge in [-0.2, -0.15) is 0 Å². The Hall–Kier alpha value is 0.170. The molecular formula is C18H35P. The lowest BCUT2D eigenvalue weighted by molar-refractivity contribution is 0.738. The fraction of sp³-hybridized carbons (Fsp3) is 0.889. The fourth-order valence-electron chi connectivity index (χ4n) is 3.28. The topological polar surface area (TPSA) is 0 Å². The molecule has 0 bridgehead atoms. The molecule has 1 rings (SSSR count). The molecule has 0 nitrogen and oxygen atoms in total. The van der Waals surface area contributed by atoms with Gasteiger partial charge in [0.05, 0.1) is 0 Å². The smallest absolute Gasteiger partial charge is 0.0227 e. The summed E-state index contributed by atoms with van der Waals surface area (Å²) in [6.07, 6.45) is 9.80. The molecule has 1 aliphatic carbocycles. The molecule has 0 heterocycles. The Morgan fingerprint density at radius 2 is 1.47 bits per heavy atom. The molecule has 112 valence electrons. The van der Waals surface area contributed by atoms with Crippen LogP contribution < -0.4 is 0 Å². The van der Waals surface area contributed by atoms with Crippen molar-refractivity contribution in [3.63, 3.8) is 0 Å². The molecule has 0 radical (unpaired) electrons. The van der Waals surface area contributed by atoms with Crippen molar-refractivity contribution in [1.29, 1.82) is 0 Å². The molecule has 1 aliphatic rings. The standard InChI is InChI=1S/C18H35P/c1-7-9-17(13-16-11-12-16)18(10-8-2)19(14(3)4)15(5)6/h14-16H,7-13H2,1-6H3. The minimum absolute atomic E-state index is 0.0779. The first kappa shape index (κ1) is 17.2. The van der Waals surface area contributed by atoms with Gasteiger partial charge < -0.3 is 0 Å². The molecule has 1 fully saturated rings. The van der Waals surface area contributed by atoms with E-state index in [0.717, 1.165) is 17.2 Å². The summed E-state index contributed by atoms with van der Waals surface area (Å²) < 4.78 is 0. The van der Waals surface area contributed by atoms with Gasteiger partial charge in [0.2, 0.25) is 0 Å². The highest BCUT2D eigenvalue weighted by Gasteiger charge is 2.27. The van der Waals surface area contributed by atoms with Crippen LogP contribution in [0.3, 0.4) is 0 Å². The molecule has 0 amide bonds. The summed E-state index contributed by atoms with van der Waals surface area (Å²) in [5.41, 5.74) is 3.57. The molecule has 0 atom stereocenters. The van der Waals surface area contributed by atoms with Crippen molar-refractivity contribution in [2.24, 2.45) is 5.92 Å². The maximum atomic E-state index is 2.45. The van der Waals surface area contributed by atoms with Gasteiger partial charge in [0, 0.05) is 0 Å². The first-order valence-corrected chi connectivity index (χ1v) is 9.98. The lowest BCUT2D eigenvalue weighted by Gasteiger charge is -2.31. The molecule has 0 aromatic rings. The van der Waals surface area contributed by atoms with Crippen LogP contribution >= 0.6 is 7.92 Å². The zero-order valence-electron chi connectivity index (χ0n) is 14.1. The third kappa shape index (κ3) is 5.58. The molecule has 0 aliphatic heterocycles. The van der Waals surface area contributed by atoms with E-state index >= 15 is 0 Å². The van der Waals surface area contributed by atoms with Crippen LogP contribution in [0.25, 0.3) is 0 Å². The summed E-state index contributed by atoms with van der Waals surface area (Å²) in [5.74, 6) is 1.05. The summed E-state index contributed by atoms with van der Waals surface area (Å²) >= 11 is 0. The second kappa shape index (κ2) is 8.46. The molecular weight excluding hydrogens is 247 g/mol. The van der Waals surface area contributed by atoms with E-state index in [4.69, 9.17) is 0 Å². The minimum Gasteiger partial charge on any atom is -0.0746 e. The van der Waals surface area contributed by atoms with Crippen LogP contribution in [0.5, 0.6) is 0 Å². The van der Waals surface area contributed by atoms with Crippen molar-refractivity contribution in [3.05, 3.63) is 10.9 Å². The summed E-state index contributed by atoms with van der Waals surface area (Å²) in [4.78, 5) is 0. The average Bonchev–Trinajstić information content (AvgIpc) is 3.11. The van der Waals surface area contributed by atoms with E-state index in [2.05, 4.69) is 41.5 Å². The van der Waals surface area contributed by atoms with Crippen molar-refractivity contribution in [2.75, 3.05) is 0 Å². The maximum Gasteiger partial charge on any atom is -0.0227 e. The third-order valence-corrected chi connectivity index (χ3v) is 7.49. The Morgan fingerprint density at radius 1 is 0.947 bits per heavy atom. The second-order valence-corrected chi connectivity index (χ2v) is 10.2. The number of rotatable bonds is 9. The van der Waals surface area contributed by atoms with Gasteiger partial charge >= 0.3 is 0 Å². The molecule has 0 aromatic heterocycles. The van der Waals surface area contributed by atoms with Crippen molar-refractivity contribution in [1.82, 2.24) is 0 Å². The number of hydrogen-bond acceptors (Lipinski definition) is 0. The van der Waals surface area contributed by atoms with E-state index < -0.39 is 0 Å². The van der Waals surface area contributed by atoms with Gasteiger partial charge in [-0.1, -0.05) is 67.9 Å². The summed E-state index contributed by atoms with van der Waals surface area (Å²) in [6, 6.07) is 0. The van der Waals surface area contributed by atoms with Gasteiger partial charge in [-0.3, -0.25) is 0 Å². The largest absolute Gasteiger partial charge is 0.0746 e. The van der Waals surface area contributed by atoms with Gasteiger partial charge in [-0.15, -0.1) is 0 Å². The van der Waals surface area contributed by atoms with Gasteiger partial charge in [-0.25, -0.2) is 0 Å². The van der Waals surface area contributed by atoms with Crippen LogP contribution in [-0.2, 0) is 0 Å². The molecule has 0 spiro atoms. The molecule has 1 heteroatoms. The zero-order valence-corrected chi connectivity index (χ0v) is 15.0. The summed E-state index contributed by atoms with van der Waals surface area (Å²) in [6.45, 7) is 14.5. The molecule has 0 saturated heterocycles. The number of hydrogen-bond donors (Lipinski definition) is 0. The fourth-order valence-corrected chi connectivity index (χ4v) is 6.77. The van der Waals surface area contributed by atoms with Gasteiger partial charge in [0.25, 0.3) is 0 Å². The lowest BCUT2D eigenvalue weighted by Crippen LogP contribution is -2.08. The molecule has 0 unspecified atom stereocenters. The van der Waals surface area contributed by atoms with Gasteiger partial charge in [-0.05, 0) is 54.7 Å². The molecule has 1 saturated carbocycles. The van der Waals surface area contributed by atoms with Crippen LogP contribution in [0.1, 0.15) is 86.5 Å². The quantitative estimate of drug-likeness (QED) is 0.402. The molecule has 19 heavy (non-hydrogen) atoms. The highest BCUT2D eigenvalue weighted by atomic mass is 31.1. The average molecular weight is 282 g/mol. The van der Waals surface area contributed by atoms with E-state index in [9.17, 15) is 0 Å². The minimum atomic E-state index is 0.0779. The first-order valence-electron chi connectivity index (χ1n) is 8.50. The van der Waals surface area contributed by atoms with Gasteiger partial charge in [0.1, 0.15) is 0 Å². The lowest BCUT2D eigenvalue weighted by atomic mass is 10.0. The van der Waals surface area contributed by atoms with E-state index in [1.165, 1.54) is 44.9 Å². The van der Waals surface area contributed by atoms with Crippen LogP contribution in [0.15, 0.2) is 10.9 Å². The van der Waals surface area contributed by atoms with Crippen molar-refractivity contribution in [3.8, 4) is 0 Å². The van der Waals surface area contributed by atoms with Crippen LogP contribution in [0.4, 0.5) is 0 Å². The Bertz CT molecular complexity index is 276. The van der Waals surface area contributed by atoms with E-state index in [0.29, 0.717) is 0 Å². The Balaban J connectivity index is 3.00. The van der Waals surface area contributed by atoms with Crippen LogP contribution in [0, 0.1) is 5.92 Å². The van der Waals surface area contributed by atoms with E-state index in [-0.39, 0.29) is 7.92 Å². The third-order valence-electron chi connectivity index (χ3n) is 4.10. The Kier molecular flexibility index (Phi) is 7.66. The predicted molar refractivity (Wildman–Crippen MR) is 91.4 cm³/mol. The van der Waals surface area contributed by atoms with Crippen molar-refractivity contribution >= 4 is 7.92 Å². The highest BCUT2D eigenvalue weighted by molar-refractivity contribution is 7.63. The second-order valence-electron chi connectivity index (χ2n) is 6.79. The van der Waals surface area contributed by atoms with Crippen LogP contribution in [0.2, 0.25) is 0 Å². The predicted octanol–water partition coefficient (Wildman–Crippen LogP) is 6.94. The van der Waals surface area contributed by atoms with Crippen molar-refractivity contribution < 1.29 is 0 Å². The first-order chi connectivity index (χ1) is 9.01. The monoisotopic (exact) mass is 282 g/mol. The molecule has 0 N–H and O–H groups in total. The van der Waals surface area contributed by atoms with E-state index in [1.807, 2.05) is 10.9 Å². The zero-order chi connectivity index (χ0) is 14.4.